The van der Waals surface area contributed by atoms with Crippen LogP contribution in [0.2, 0.25) is 0 Å². The number of imide groups is 1. The lowest BCUT2D eigenvalue weighted by Crippen LogP contribution is -2.35. The first-order valence-corrected chi connectivity index (χ1v) is 4.15. The Hall–Kier alpha value is -2.64. The van der Waals surface area contributed by atoms with Crippen molar-refractivity contribution in [1.29, 1.82) is 0 Å². The van der Waals surface area contributed by atoms with E-state index in [2.05, 4.69) is 15.0 Å². The van der Waals surface area contributed by atoms with Crippen LogP contribution in [0.15, 0.2) is 18.5 Å². The minimum absolute atomic E-state index is 0.0419. The number of aromatic nitrogens is 3. The number of nitrogens with zero attached hydrogens (tertiary/aromatic N) is 3. The highest BCUT2D eigenvalue weighted by Crippen LogP contribution is 2.13. The van der Waals surface area contributed by atoms with E-state index in [-0.39, 0.29) is 4.90 Å². The second kappa shape index (κ2) is 3.50. The van der Waals surface area contributed by atoms with Crippen LogP contribution in [-0.2, 0) is 0 Å². The van der Waals surface area contributed by atoms with E-state index in [1.807, 2.05) is 0 Å². The minimum atomic E-state index is -1.65. The second-order valence-corrected chi connectivity index (χ2v) is 2.85. The van der Waals surface area contributed by atoms with Crippen LogP contribution in [0.1, 0.15) is 0 Å². The lowest BCUT2D eigenvalue weighted by Gasteiger charge is -2.10. The molecule has 0 atom stereocenters. The zero-order valence-electron chi connectivity index (χ0n) is 7.78. The highest BCUT2D eigenvalue weighted by molar-refractivity contribution is 6.06. The van der Waals surface area contributed by atoms with E-state index in [0.717, 1.165) is 0 Å². The maximum Gasteiger partial charge on any atom is 0.424 e. The molecule has 0 radical (unpaired) electrons. The van der Waals surface area contributed by atoms with E-state index in [0.29, 0.717) is 11.0 Å². The van der Waals surface area contributed by atoms with Gasteiger partial charge < -0.3 is 15.2 Å². The maximum atomic E-state index is 10.7. The fourth-order valence-electron chi connectivity index (χ4n) is 1.19. The van der Waals surface area contributed by atoms with Crippen molar-refractivity contribution in [1.82, 2.24) is 15.0 Å². The zero-order valence-corrected chi connectivity index (χ0v) is 7.78. The first kappa shape index (κ1) is 9.90. The molecule has 8 nitrogen and oxygen atoms in total. The molecule has 0 unspecified atom stereocenters. The molecule has 0 aromatic carbocycles. The van der Waals surface area contributed by atoms with E-state index in [9.17, 15) is 9.59 Å². The largest absolute Gasteiger partial charge is 0.464 e. The number of aromatic amines is 1. The number of nitrogens with one attached hydrogen (secondary N) is 1. The molecule has 2 aromatic rings. The average molecular weight is 222 g/mol. The molecule has 8 heteroatoms. The number of rotatable bonds is 1. The molecule has 2 heterocycles. The smallest absolute Gasteiger partial charge is 0.424 e. The van der Waals surface area contributed by atoms with Gasteiger partial charge in [-0.15, -0.1) is 4.90 Å². The molecule has 0 spiro atoms. The van der Waals surface area contributed by atoms with Gasteiger partial charge in [0.1, 0.15) is 5.65 Å². The summed E-state index contributed by atoms with van der Waals surface area (Å²) < 4.78 is 0. The predicted molar refractivity (Wildman–Crippen MR) is 52.4 cm³/mol. The number of H-pyrrole nitrogens is 1. The van der Waals surface area contributed by atoms with Crippen LogP contribution < -0.4 is 4.90 Å². The molecule has 0 fully saturated rings. The number of carbonyl (C=O) groups is 2. The molecule has 0 aliphatic heterocycles. The monoisotopic (exact) mass is 222 g/mol. The fraction of sp³-hybridized carbons (Fsp3) is 0. The molecule has 2 rings (SSSR count). The summed E-state index contributed by atoms with van der Waals surface area (Å²) in [6.45, 7) is 0. The quantitative estimate of drug-likeness (QED) is 0.665. The summed E-state index contributed by atoms with van der Waals surface area (Å²) in [6.07, 6.45) is -0.376. The number of anilines is 1. The normalized spacial score (nSPS) is 10.2. The third-order valence-electron chi connectivity index (χ3n) is 1.87. The van der Waals surface area contributed by atoms with Crippen molar-refractivity contribution in [2.45, 2.75) is 0 Å². The number of carboxylic acid groups (broad SMARTS) is 2. The zero-order chi connectivity index (χ0) is 11.7. The van der Waals surface area contributed by atoms with Crippen molar-refractivity contribution >= 4 is 29.2 Å². The molecule has 0 aliphatic rings. The van der Waals surface area contributed by atoms with Crippen molar-refractivity contribution in [2.75, 3.05) is 4.90 Å². The highest BCUT2D eigenvalue weighted by Gasteiger charge is 2.25. The Balaban J connectivity index is 2.52. The maximum absolute atomic E-state index is 10.7. The highest BCUT2D eigenvalue weighted by atomic mass is 16.4. The van der Waals surface area contributed by atoms with Crippen molar-refractivity contribution in [3.63, 3.8) is 0 Å². The first-order valence-electron chi connectivity index (χ1n) is 4.15. The average Bonchev–Trinajstić information content (AvgIpc) is 2.63. The van der Waals surface area contributed by atoms with Crippen LogP contribution >= 0.6 is 0 Å². The van der Waals surface area contributed by atoms with Gasteiger partial charge in [0.15, 0.2) is 0 Å². The van der Waals surface area contributed by atoms with Gasteiger partial charge in [0.2, 0.25) is 5.95 Å². The summed E-state index contributed by atoms with van der Waals surface area (Å²) in [6, 6.07) is 1.69. The molecular formula is C8H6N4O4. The Morgan fingerprint density at radius 3 is 2.62 bits per heavy atom. The summed E-state index contributed by atoms with van der Waals surface area (Å²) in [4.78, 5) is 31.5. The van der Waals surface area contributed by atoms with Gasteiger partial charge in [-0.1, -0.05) is 0 Å². The Morgan fingerprint density at radius 1 is 1.31 bits per heavy atom. The van der Waals surface area contributed by atoms with Crippen molar-refractivity contribution in [3.05, 3.63) is 18.5 Å². The van der Waals surface area contributed by atoms with Crippen LogP contribution in [0.4, 0.5) is 15.5 Å². The van der Waals surface area contributed by atoms with Gasteiger partial charge >= 0.3 is 12.2 Å². The molecule has 82 valence electrons. The van der Waals surface area contributed by atoms with E-state index in [1.54, 1.807) is 12.3 Å². The summed E-state index contributed by atoms with van der Waals surface area (Å²) in [5, 5.41) is 18.0. The van der Waals surface area contributed by atoms with Crippen LogP contribution in [0.25, 0.3) is 11.0 Å². The van der Waals surface area contributed by atoms with Gasteiger partial charge in [-0.3, -0.25) is 0 Å². The SMILES string of the molecule is O=C(O)N(C(=O)O)c1ncc2cc[nH]c2n1. The van der Waals surface area contributed by atoms with Crippen LogP contribution in [0, 0.1) is 0 Å². The van der Waals surface area contributed by atoms with Gasteiger partial charge in [0.25, 0.3) is 0 Å². The summed E-state index contributed by atoms with van der Waals surface area (Å²) in [7, 11) is 0. The van der Waals surface area contributed by atoms with Crippen LogP contribution in [0.3, 0.4) is 0 Å². The molecular weight excluding hydrogens is 216 g/mol. The standard InChI is InChI=1S/C8H6N4O4/c13-7(14)12(8(15)16)6-10-3-4-1-2-9-5(4)11-6/h1-3H,(H,13,14)(H,15,16)(H,9,10,11). The van der Waals surface area contributed by atoms with E-state index < -0.39 is 18.1 Å². The Bertz CT molecular complexity index is 550. The molecule has 0 aliphatic carbocycles. The fourth-order valence-corrected chi connectivity index (χ4v) is 1.19. The van der Waals surface area contributed by atoms with Crippen LogP contribution in [-0.4, -0.2) is 37.4 Å². The summed E-state index contributed by atoms with van der Waals surface area (Å²) >= 11 is 0. The third-order valence-corrected chi connectivity index (χ3v) is 1.87. The number of hydrogen-bond acceptors (Lipinski definition) is 4. The van der Waals surface area contributed by atoms with Gasteiger partial charge in [0, 0.05) is 17.8 Å². The molecule has 2 amide bonds. The molecule has 3 N–H and O–H groups in total. The van der Waals surface area contributed by atoms with Crippen molar-refractivity contribution < 1.29 is 19.8 Å². The molecule has 2 aromatic heterocycles. The molecule has 0 saturated carbocycles. The van der Waals surface area contributed by atoms with E-state index >= 15 is 0 Å². The molecule has 16 heavy (non-hydrogen) atoms. The van der Waals surface area contributed by atoms with E-state index in [4.69, 9.17) is 10.2 Å². The Labute approximate surface area is 88.2 Å². The van der Waals surface area contributed by atoms with Crippen molar-refractivity contribution in [2.24, 2.45) is 0 Å². The lowest BCUT2D eigenvalue weighted by atomic mass is 10.4. The van der Waals surface area contributed by atoms with Gasteiger partial charge in [-0.05, 0) is 6.07 Å². The minimum Gasteiger partial charge on any atom is -0.464 e. The molecule has 0 bridgehead atoms. The Morgan fingerprint density at radius 2 is 2.00 bits per heavy atom. The topological polar surface area (TPSA) is 119 Å². The third kappa shape index (κ3) is 1.52. The first-order chi connectivity index (χ1) is 7.59. The second-order valence-electron chi connectivity index (χ2n) is 2.85. The summed E-state index contributed by atoms with van der Waals surface area (Å²) in [5.74, 6) is -0.407. The number of fused-ring (bicyclic) bond motifs is 1. The Kier molecular flexibility index (Phi) is 2.16. The molecule has 0 saturated heterocycles. The van der Waals surface area contributed by atoms with Gasteiger partial charge in [-0.25, -0.2) is 14.6 Å². The van der Waals surface area contributed by atoms with Crippen LogP contribution in [0.5, 0.6) is 0 Å². The predicted octanol–water partition coefficient (Wildman–Crippen LogP) is 1.12. The van der Waals surface area contributed by atoms with E-state index in [1.165, 1.54) is 6.20 Å². The number of hydrogen-bond donors (Lipinski definition) is 3. The van der Waals surface area contributed by atoms with Gasteiger partial charge in [-0.2, -0.15) is 4.98 Å². The van der Waals surface area contributed by atoms with Crippen molar-refractivity contribution in [3.8, 4) is 0 Å². The van der Waals surface area contributed by atoms with Gasteiger partial charge in [0.05, 0.1) is 0 Å². The lowest BCUT2D eigenvalue weighted by molar-refractivity contribution is 0.184. The number of amides is 2. The summed E-state index contributed by atoms with van der Waals surface area (Å²) in [5.41, 5.74) is 0.373.